The van der Waals surface area contributed by atoms with Crippen LogP contribution < -0.4 is 0 Å². The maximum atomic E-state index is 11.3. The molecule has 0 aromatic heterocycles. The minimum absolute atomic E-state index is 0.183. The third-order valence-electron chi connectivity index (χ3n) is 1.92. The molecule has 0 radical (unpaired) electrons. The Kier molecular flexibility index (Phi) is 4.83. The Labute approximate surface area is 83.0 Å². The van der Waals surface area contributed by atoms with Crippen molar-refractivity contribution >= 4 is 17.7 Å². The SMILES string of the molecule is COC(=O)C(C)N(C)C(=O)CC(C)=O. The van der Waals surface area contributed by atoms with Gasteiger partial charge in [-0.25, -0.2) is 4.79 Å². The van der Waals surface area contributed by atoms with Crippen LogP contribution >= 0.6 is 0 Å². The number of carbonyl (C=O) groups excluding carboxylic acids is 3. The molecule has 0 aliphatic heterocycles. The van der Waals surface area contributed by atoms with E-state index in [0.29, 0.717) is 0 Å². The van der Waals surface area contributed by atoms with E-state index in [2.05, 4.69) is 4.74 Å². The number of esters is 1. The quantitative estimate of drug-likeness (QED) is 0.474. The van der Waals surface area contributed by atoms with E-state index in [1.54, 1.807) is 6.92 Å². The summed E-state index contributed by atoms with van der Waals surface area (Å²) in [5, 5.41) is 0. The first-order valence-electron chi connectivity index (χ1n) is 4.23. The molecule has 0 bridgehead atoms. The van der Waals surface area contributed by atoms with Gasteiger partial charge in [-0.3, -0.25) is 9.59 Å². The van der Waals surface area contributed by atoms with Crippen LogP contribution in [0.15, 0.2) is 0 Å². The standard InChI is InChI=1S/C9H15NO4/c1-6(11)5-8(12)10(3)7(2)9(13)14-4/h7H,5H2,1-4H3. The predicted octanol–water partition coefficient (Wildman–Crippen LogP) is -0.0146. The predicted molar refractivity (Wildman–Crippen MR) is 49.5 cm³/mol. The summed E-state index contributed by atoms with van der Waals surface area (Å²) in [7, 11) is 2.72. The number of nitrogens with zero attached hydrogens (tertiary/aromatic N) is 1. The van der Waals surface area contributed by atoms with Crippen molar-refractivity contribution < 1.29 is 19.1 Å². The van der Waals surface area contributed by atoms with Crippen LogP contribution in [0.3, 0.4) is 0 Å². The molecule has 80 valence electrons. The van der Waals surface area contributed by atoms with E-state index in [0.717, 1.165) is 0 Å². The maximum Gasteiger partial charge on any atom is 0.328 e. The van der Waals surface area contributed by atoms with Crippen molar-refractivity contribution in [3.05, 3.63) is 0 Å². The summed E-state index contributed by atoms with van der Waals surface area (Å²) in [5.41, 5.74) is 0. The molecule has 1 atom stereocenters. The molecule has 0 N–H and O–H groups in total. The van der Waals surface area contributed by atoms with Crippen LogP contribution in [0.25, 0.3) is 0 Å². The highest BCUT2D eigenvalue weighted by atomic mass is 16.5. The Morgan fingerprint density at radius 1 is 1.36 bits per heavy atom. The summed E-state index contributed by atoms with van der Waals surface area (Å²) in [5.74, 6) is -1.10. The van der Waals surface area contributed by atoms with Crippen LogP contribution in [0.4, 0.5) is 0 Å². The number of carbonyl (C=O) groups is 3. The normalized spacial score (nSPS) is 11.7. The fraction of sp³-hybridized carbons (Fsp3) is 0.667. The van der Waals surface area contributed by atoms with Crippen molar-refractivity contribution in [1.82, 2.24) is 4.90 Å². The van der Waals surface area contributed by atoms with Crippen LogP contribution in [0, 0.1) is 0 Å². The van der Waals surface area contributed by atoms with Gasteiger partial charge < -0.3 is 9.64 Å². The van der Waals surface area contributed by atoms with E-state index in [1.807, 2.05) is 0 Å². The van der Waals surface area contributed by atoms with Crippen molar-refractivity contribution in [2.75, 3.05) is 14.2 Å². The monoisotopic (exact) mass is 201 g/mol. The average Bonchev–Trinajstić information content (AvgIpc) is 2.13. The number of ether oxygens (including phenoxy) is 1. The third-order valence-corrected chi connectivity index (χ3v) is 1.92. The van der Waals surface area contributed by atoms with Crippen LogP contribution in [-0.2, 0) is 19.1 Å². The van der Waals surface area contributed by atoms with Gasteiger partial charge in [0.25, 0.3) is 0 Å². The fourth-order valence-corrected chi connectivity index (χ4v) is 0.882. The number of amides is 1. The Morgan fingerprint density at radius 2 is 1.86 bits per heavy atom. The van der Waals surface area contributed by atoms with Crippen molar-refractivity contribution in [3.8, 4) is 0 Å². The fourth-order valence-electron chi connectivity index (χ4n) is 0.882. The first-order valence-corrected chi connectivity index (χ1v) is 4.23. The van der Waals surface area contributed by atoms with Gasteiger partial charge in [-0.15, -0.1) is 0 Å². The summed E-state index contributed by atoms with van der Waals surface area (Å²) in [6.07, 6.45) is -0.183. The molecule has 0 saturated carbocycles. The minimum Gasteiger partial charge on any atom is -0.467 e. The number of likely N-dealkylation sites (N-methyl/N-ethyl adjacent to an activating group) is 1. The molecule has 0 aliphatic rings. The van der Waals surface area contributed by atoms with E-state index in [4.69, 9.17) is 0 Å². The molecular formula is C9H15NO4. The van der Waals surface area contributed by atoms with Crippen molar-refractivity contribution in [1.29, 1.82) is 0 Å². The van der Waals surface area contributed by atoms with Crippen LogP contribution in [-0.4, -0.2) is 42.8 Å². The van der Waals surface area contributed by atoms with Gasteiger partial charge in [0.15, 0.2) is 0 Å². The van der Waals surface area contributed by atoms with Gasteiger partial charge in [0.1, 0.15) is 11.8 Å². The molecule has 0 fully saturated rings. The van der Waals surface area contributed by atoms with Gasteiger partial charge in [0, 0.05) is 7.05 Å². The summed E-state index contributed by atoms with van der Waals surface area (Å²) < 4.78 is 4.47. The summed E-state index contributed by atoms with van der Waals surface area (Å²) in [4.78, 5) is 34.2. The molecule has 0 rings (SSSR count). The van der Waals surface area contributed by atoms with Crippen LogP contribution in [0.5, 0.6) is 0 Å². The summed E-state index contributed by atoms with van der Waals surface area (Å²) in [6, 6.07) is -0.660. The molecule has 5 heteroatoms. The minimum atomic E-state index is -0.660. The summed E-state index contributed by atoms with van der Waals surface area (Å²) in [6.45, 7) is 2.87. The second-order valence-corrected chi connectivity index (χ2v) is 3.08. The Balaban J connectivity index is 4.31. The van der Waals surface area contributed by atoms with Crippen molar-refractivity contribution in [3.63, 3.8) is 0 Å². The number of methoxy groups -OCH3 is 1. The topological polar surface area (TPSA) is 63.7 Å². The zero-order valence-corrected chi connectivity index (χ0v) is 8.86. The lowest BCUT2D eigenvalue weighted by Crippen LogP contribution is -2.41. The van der Waals surface area contributed by atoms with Gasteiger partial charge in [-0.05, 0) is 13.8 Å². The van der Waals surface area contributed by atoms with E-state index in [-0.39, 0.29) is 18.1 Å². The zero-order valence-electron chi connectivity index (χ0n) is 8.86. The lowest BCUT2D eigenvalue weighted by atomic mass is 10.2. The number of hydrogen-bond donors (Lipinski definition) is 0. The van der Waals surface area contributed by atoms with E-state index in [9.17, 15) is 14.4 Å². The number of ketones is 1. The Bertz CT molecular complexity index is 249. The lowest BCUT2D eigenvalue weighted by molar-refractivity contribution is -0.151. The van der Waals surface area contributed by atoms with Gasteiger partial charge in [-0.2, -0.15) is 0 Å². The first kappa shape index (κ1) is 12.6. The molecule has 0 spiro atoms. The highest BCUT2D eigenvalue weighted by Crippen LogP contribution is 2.01. The molecule has 0 heterocycles. The number of hydrogen-bond acceptors (Lipinski definition) is 4. The number of Topliss-reactive ketones (excluding diaryl/α,β-unsaturated/α-hetero) is 1. The van der Waals surface area contributed by atoms with E-state index in [1.165, 1.54) is 26.0 Å². The largest absolute Gasteiger partial charge is 0.467 e. The molecule has 0 aromatic rings. The average molecular weight is 201 g/mol. The Morgan fingerprint density at radius 3 is 2.21 bits per heavy atom. The molecule has 1 amide bonds. The smallest absolute Gasteiger partial charge is 0.328 e. The molecule has 14 heavy (non-hydrogen) atoms. The lowest BCUT2D eigenvalue weighted by Gasteiger charge is -2.22. The third kappa shape index (κ3) is 3.55. The summed E-state index contributed by atoms with van der Waals surface area (Å²) >= 11 is 0. The highest BCUT2D eigenvalue weighted by Gasteiger charge is 2.23. The van der Waals surface area contributed by atoms with Gasteiger partial charge in [0.05, 0.1) is 13.5 Å². The molecular weight excluding hydrogens is 186 g/mol. The maximum absolute atomic E-state index is 11.3. The molecule has 5 nitrogen and oxygen atoms in total. The molecule has 0 saturated heterocycles. The van der Waals surface area contributed by atoms with Gasteiger partial charge >= 0.3 is 5.97 Å². The second kappa shape index (κ2) is 5.36. The van der Waals surface area contributed by atoms with Crippen molar-refractivity contribution in [2.24, 2.45) is 0 Å². The highest BCUT2D eigenvalue weighted by molar-refractivity contribution is 5.98. The number of rotatable bonds is 4. The zero-order chi connectivity index (χ0) is 11.3. The first-order chi connectivity index (χ1) is 6.40. The molecule has 0 aromatic carbocycles. The van der Waals surface area contributed by atoms with Crippen LogP contribution in [0.2, 0.25) is 0 Å². The van der Waals surface area contributed by atoms with Gasteiger partial charge in [0.2, 0.25) is 5.91 Å². The van der Waals surface area contributed by atoms with Gasteiger partial charge in [-0.1, -0.05) is 0 Å². The second-order valence-electron chi connectivity index (χ2n) is 3.08. The Hall–Kier alpha value is -1.39. The van der Waals surface area contributed by atoms with E-state index < -0.39 is 12.0 Å². The molecule has 0 aliphatic carbocycles. The van der Waals surface area contributed by atoms with E-state index >= 15 is 0 Å². The van der Waals surface area contributed by atoms with Crippen molar-refractivity contribution in [2.45, 2.75) is 26.3 Å². The molecule has 1 unspecified atom stereocenters. The van der Waals surface area contributed by atoms with Crippen LogP contribution in [0.1, 0.15) is 20.3 Å².